The number of aliphatic hydroxyl groups excluding tert-OH is 1. The van der Waals surface area contributed by atoms with Crippen LogP contribution in [0.3, 0.4) is 0 Å². The maximum Gasteiger partial charge on any atom is 0.253 e. The number of thioether (sulfide) groups is 1. The summed E-state index contributed by atoms with van der Waals surface area (Å²) in [6, 6.07) is 7.98. The number of aryl methyl sites for hydroxylation is 4. The van der Waals surface area contributed by atoms with Gasteiger partial charge in [-0.2, -0.15) is 4.98 Å². The first kappa shape index (κ1) is 17.7. The minimum absolute atomic E-state index is 0.236. The average molecular weight is 358 g/mol. The molecule has 0 aliphatic heterocycles. The maximum absolute atomic E-state index is 10.2. The van der Waals surface area contributed by atoms with Crippen LogP contribution in [0.5, 0.6) is 5.75 Å². The third-order valence-corrected chi connectivity index (χ3v) is 4.62. The molecule has 0 saturated heterocycles. The van der Waals surface area contributed by atoms with Crippen molar-refractivity contribution in [3.63, 3.8) is 0 Å². The highest BCUT2D eigenvalue weighted by Gasteiger charge is 2.12. The molecule has 2 aromatic heterocycles. The predicted molar refractivity (Wildman–Crippen MR) is 98.4 cm³/mol. The number of aliphatic hydroxyl groups is 1. The summed E-state index contributed by atoms with van der Waals surface area (Å²) in [7, 11) is 0. The minimum Gasteiger partial charge on any atom is -0.491 e. The van der Waals surface area contributed by atoms with Crippen LogP contribution in [-0.2, 0) is 0 Å². The van der Waals surface area contributed by atoms with Gasteiger partial charge in [0, 0.05) is 17.1 Å². The zero-order chi connectivity index (χ0) is 18.0. The molecule has 0 aliphatic carbocycles. The van der Waals surface area contributed by atoms with Crippen LogP contribution in [0, 0.1) is 27.7 Å². The van der Waals surface area contributed by atoms with Gasteiger partial charge < -0.3 is 9.84 Å². The van der Waals surface area contributed by atoms with E-state index in [0.717, 1.165) is 28.3 Å². The fourth-order valence-electron chi connectivity index (χ4n) is 2.64. The van der Waals surface area contributed by atoms with Crippen molar-refractivity contribution in [1.29, 1.82) is 0 Å². The molecule has 0 bridgehead atoms. The van der Waals surface area contributed by atoms with E-state index in [1.807, 2.05) is 45.9 Å². The number of rotatable bonds is 6. The molecule has 3 aromatic rings. The van der Waals surface area contributed by atoms with Crippen molar-refractivity contribution in [1.82, 2.24) is 19.6 Å². The molecule has 1 atom stereocenters. The van der Waals surface area contributed by atoms with E-state index in [4.69, 9.17) is 4.74 Å². The van der Waals surface area contributed by atoms with Gasteiger partial charge >= 0.3 is 0 Å². The predicted octanol–water partition coefficient (Wildman–Crippen LogP) is 2.89. The topological polar surface area (TPSA) is 72.5 Å². The normalized spacial score (nSPS) is 12.5. The molecule has 0 fully saturated rings. The summed E-state index contributed by atoms with van der Waals surface area (Å²) in [4.78, 5) is 8.77. The third-order valence-electron chi connectivity index (χ3n) is 3.64. The molecule has 25 heavy (non-hydrogen) atoms. The van der Waals surface area contributed by atoms with Gasteiger partial charge in [-0.15, -0.1) is 5.10 Å². The molecule has 3 rings (SSSR count). The number of aromatic nitrogens is 4. The summed E-state index contributed by atoms with van der Waals surface area (Å²) in [6.45, 7) is 8.19. The first-order chi connectivity index (χ1) is 11.9. The second-order valence-electron chi connectivity index (χ2n) is 6.24. The number of fused-ring (bicyclic) bond motifs is 1. The van der Waals surface area contributed by atoms with Gasteiger partial charge in [-0.25, -0.2) is 9.50 Å². The van der Waals surface area contributed by atoms with E-state index in [0.29, 0.717) is 16.7 Å². The van der Waals surface area contributed by atoms with Crippen molar-refractivity contribution < 1.29 is 9.84 Å². The molecule has 6 nitrogen and oxygen atoms in total. The second kappa shape index (κ2) is 7.41. The summed E-state index contributed by atoms with van der Waals surface area (Å²) in [5, 5.41) is 15.2. The lowest BCUT2D eigenvalue weighted by molar-refractivity contribution is 0.126. The number of hydrogen-bond donors (Lipinski definition) is 1. The molecule has 132 valence electrons. The van der Waals surface area contributed by atoms with Crippen LogP contribution in [0.4, 0.5) is 0 Å². The fraction of sp³-hybridized carbons (Fsp3) is 0.389. The van der Waals surface area contributed by atoms with Crippen molar-refractivity contribution in [2.24, 2.45) is 0 Å². The SMILES string of the molecule is Cc1cc(C)cc(OC[C@H](O)CSc2nc3nc(C)cc(C)n3n2)c1. The van der Waals surface area contributed by atoms with Gasteiger partial charge in [0.25, 0.3) is 5.78 Å². The quantitative estimate of drug-likeness (QED) is 0.683. The Balaban J connectivity index is 1.57. The Morgan fingerprint density at radius 1 is 1.08 bits per heavy atom. The summed E-state index contributed by atoms with van der Waals surface area (Å²) in [5.74, 6) is 1.82. The van der Waals surface area contributed by atoms with Gasteiger partial charge in [0.2, 0.25) is 5.16 Å². The van der Waals surface area contributed by atoms with Crippen molar-refractivity contribution in [2.45, 2.75) is 39.0 Å². The van der Waals surface area contributed by atoms with Crippen LogP contribution in [0.1, 0.15) is 22.5 Å². The maximum atomic E-state index is 10.2. The molecular weight excluding hydrogens is 336 g/mol. The Hall–Kier alpha value is -2.12. The van der Waals surface area contributed by atoms with Crippen molar-refractivity contribution in [3.05, 3.63) is 46.8 Å². The van der Waals surface area contributed by atoms with E-state index in [1.165, 1.54) is 11.8 Å². The number of ether oxygens (including phenoxy) is 1. The van der Waals surface area contributed by atoms with Crippen molar-refractivity contribution >= 4 is 17.5 Å². The molecule has 0 spiro atoms. The second-order valence-corrected chi connectivity index (χ2v) is 7.23. The largest absolute Gasteiger partial charge is 0.491 e. The Kier molecular flexibility index (Phi) is 5.24. The Morgan fingerprint density at radius 3 is 2.52 bits per heavy atom. The molecule has 0 amide bonds. The van der Waals surface area contributed by atoms with Crippen LogP contribution in [0.2, 0.25) is 0 Å². The van der Waals surface area contributed by atoms with Crippen LogP contribution in [0.15, 0.2) is 29.4 Å². The van der Waals surface area contributed by atoms with E-state index in [9.17, 15) is 5.11 Å². The van der Waals surface area contributed by atoms with Crippen molar-refractivity contribution in [3.8, 4) is 5.75 Å². The number of hydrogen-bond acceptors (Lipinski definition) is 6. The van der Waals surface area contributed by atoms with E-state index in [1.54, 1.807) is 4.52 Å². The van der Waals surface area contributed by atoms with Crippen LogP contribution in [0.25, 0.3) is 5.78 Å². The monoisotopic (exact) mass is 358 g/mol. The Morgan fingerprint density at radius 2 is 1.80 bits per heavy atom. The van der Waals surface area contributed by atoms with Gasteiger partial charge in [-0.1, -0.05) is 17.8 Å². The smallest absolute Gasteiger partial charge is 0.253 e. The molecule has 0 aliphatic rings. The minimum atomic E-state index is -0.603. The lowest BCUT2D eigenvalue weighted by Crippen LogP contribution is -2.20. The van der Waals surface area contributed by atoms with Gasteiger partial charge in [-0.05, 0) is 57.0 Å². The lowest BCUT2D eigenvalue weighted by atomic mass is 10.1. The van der Waals surface area contributed by atoms with Gasteiger partial charge in [0.05, 0.1) is 6.10 Å². The molecule has 0 saturated carbocycles. The van der Waals surface area contributed by atoms with E-state index < -0.39 is 6.10 Å². The molecule has 7 heteroatoms. The Bertz CT molecular complexity index is 874. The van der Waals surface area contributed by atoms with E-state index in [-0.39, 0.29) is 6.61 Å². The van der Waals surface area contributed by atoms with Crippen molar-refractivity contribution in [2.75, 3.05) is 12.4 Å². The average Bonchev–Trinajstić information content (AvgIpc) is 2.93. The summed E-state index contributed by atoms with van der Waals surface area (Å²) in [6.07, 6.45) is -0.603. The molecular formula is C18H22N4O2S. The fourth-order valence-corrected chi connectivity index (χ4v) is 3.36. The highest BCUT2D eigenvalue weighted by atomic mass is 32.2. The highest BCUT2D eigenvalue weighted by Crippen LogP contribution is 2.19. The van der Waals surface area contributed by atoms with Crippen LogP contribution < -0.4 is 4.74 Å². The molecule has 1 N–H and O–H groups in total. The zero-order valence-corrected chi connectivity index (χ0v) is 15.7. The van der Waals surface area contributed by atoms with Gasteiger partial charge in [0.15, 0.2) is 0 Å². The van der Waals surface area contributed by atoms with E-state index >= 15 is 0 Å². The number of benzene rings is 1. The zero-order valence-electron chi connectivity index (χ0n) is 14.9. The molecule has 0 radical (unpaired) electrons. The lowest BCUT2D eigenvalue weighted by Gasteiger charge is -2.12. The van der Waals surface area contributed by atoms with Crippen LogP contribution >= 0.6 is 11.8 Å². The highest BCUT2D eigenvalue weighted by molar-refractivity contribution is 7.99. The number of nitrogens with zero attached hydrogens (tertiary/aromatic N) is 4. The third kappa shape index (κ3) is 4.49. The van der Waals surface area contributed by atoms with Crippen LogP contribution in [-0.4, -0.2) is 43.2 Å². The first-order valence-electron chi connectivity index (χ1n) is 8.13. The molecule has 0 unspecified atom stereocenters. The van der Waals surface area contributed by atoms with E-state index in [2.05, 4.69) is 21.1 Å². The molecule has 2 heterocycles. The standard InChI is InChI=1S/C18H22N4O2S/c1-11-5-12(2)7-16(6-11)24-9-15(23)10-25-18-20-17-19-13(3)8-14(4)22(17)21-18/h5-8,15,23H,9-10H2,1-4H3/t15-/m0/s1. The van der Waals surface area contributed by atoms with Gasteiger partial charge in [-0.3, -0.25) is 0 Å². The summed E-state index contributed by atoms with van der Waals surface area (Å²) < 4.78 is 7.41. The summed E-state index contributed by atoms with van der Waals surface area (Å²) >= 11 is 1.40. The Labute approximate surface area is 151 Å². The molecule has 1 aromatic carbocycles. The summed E-state index contributed by atoms with van der Waals surface area (Å²) in [5.41, 5.74) is 4.19. The van der Waals surface area contributed by atoms with Gasteiger partial charge in [0.1, 0.15) is 12.4 Å². The first-order valence-corrected chi connectivity index (χ1v) is 9.12.